The number of fused-ring (bicyclic) bond motifs is 1. The van der Waals surface area contributed by atoms with Crippen LogP contribution in [-0.2, 0) is 9.47 Å². The van der Waals surface area contributed by atoms with E-state index in [2.05, 4.69) is 27.3 Å². The van der Waals surface area contributed by atoms with Gasteiger partial charge in [-0.3, -0.25) is 16.0 Å². The molecule has 4 aliphatic rings. The number of ether oxygens (including phenoxy) is 2. The van der Waals surface area contributed by atoms with Crippen LogP contribution in [0.4, 0.5) is 4.39 Å². The van der Waals surface area contributed by atoms with Gasteiger partial charge in [-0.15, -0.1) is 0 Å². The van der Waals surface area contributed by atoms with Crippen LogP contribution in [0.1, 0.15) is 25.7 Å². The van der Waals surface area contributed by atoms with Gasteiger partial charge in [0.25, 0.3) is 0 Å². The smallest absolute Gasteiger partial charge is 0.344 e. The van der Waals surface area contributed by atoms with Gasteiger partial charge >= 0.3 is 6.10 Å². The van der Waals surface area contributed by atoms with Crippen LogP contribution in [0.3, 0.4) is 0 Å². The standard InChI is InChI=1S/C19H34FN5O6/c20-15-13(8-26)23-18(24-17(15)25-19(27,28)29)22-11-6-12(10-2-1-4-21-5-3-10)16-14(7-11)30-9-31-16/h3,11-18,21-29H,1-2,4-9H2. The molecule has 3 aliphatic heterocycles. The van der Waals surface area contributed by atoms with E-state index >= 15 is 0 Å². The number of aliphatic hydroxyl groups is 4. The van der Waals surface area contributed by atoms with Crippen LogP contribution in [0.25, 0.3) is 0 Å². The molecule has 2 saturated heterocycles. The summed E-state index contributed by atoms with van der Waals surface area (Å²) < 4.78 is 26.3. The van der Waals surface area contributed by atoms with Crippen LogP contribution in [0.15, 0.2) is 11.6 Å². The molecular formula is C19H34FN5O6. The van der Waals surface area contributed by atoms with Gasteiger partial charge in [0, 0.05) is 18.5 Å². The highest BCUT2D eigenvalue weighted by atomic mass is 19.1. The third kappa shape index (κ3) is 5.78. The molecular weight excluding hydrogens is 413 g/mol. The second-order valence-corrected chi connectivity index (χ2v) is 8.74. The van der Waals surface area contributed by atoms with Crippen molar-refractivity contribution in [3.05, 3.63) is 11.6 Å². The SMILES string of the molecule is OCC1NC(NC2CC3OCOC3C(C3=CCNCCC3)C2)NC(NC(O)(O)O)C1F. The lowest BCUT2D eigenvalue weighted by atomic mass is 9.76. The minimum atomic E-state index is -3.25. The molecule has 8 unspecified atom stereocenters. The summed E-state index contributed by atoms with van der Waals surface area (Å²) in [6.07, 6.45) is -1.11. The summed E-state index contributed by atoms with van der Waals surface area (Å²) in [5, 5.41) is 51.7. The molecule has 4 rings (SSSR count). The lowest BCUT2D eigenvalue weighted by Crippen LogP contribution is -2.76. The van der Waals surface area contributed by atoms with Crippen molar-refractivity contribution in [1.82, 2.24) is 26.6 Å². The molecule has 12 heteroatoms. The molecule has 1 saturated carbocycles. The van der Waals surface area contributed by atoms with Crippen LogP contribution in [0.2, 0.25) is 0 Å². The average molecular weight is 448 g/mol. The predicted octanol–water partition coefficient (Wildman–Crippen LogP) is -2.91. The van der Waals surface area contributed by atoms with Gasteiger partial charge in [0.2, 0.25) is 0 Å². The van der Waals surface area contributed by atoms with Crippen LogP contribution >= 0.6 is 0 Å². The van der Waals surface area contributed by atoms with E-state index in [4.69, 9.17) is 9.47 Å². The topological polar surface area (TPSA) is 160 Å². The maximum absolute atomic E-state index is 14.6. The number of aliphatic hydroxyl groups excluding tert-OH is 1. The number of alkyl halides is 1. The summed E-state index contributed by atoms with van der Waals surface area (Å²) >= 11 is 0. The zero-order chi connectivity index (χ0) is 22.0. The molecule has 0 spiro atoms. The van der Waals surface area contributed by atoms with Crippen molar-refractivity contribution in [2.24, 2.45) is 5.92 Å². The number of rotatable bonds is 6. The summed E-state index contributed by atoms with van der Waals surface area (Å²) in [4.78, 5) is 0. The van der Waals surface area contributed by atoms with Crippen molar-refractivity contribution in [3.8, 4) is 0 Å². The quantitative estimate of drug-likeness (QED) is 0.152. The van der Waals surface area contributed by atoms with Crippen molar-refractivity contribution in [1.29, 1.82) is 0 Å². The molecule has 11 nitrogen and oxygen atoms in total. The first-order chi connectivity index (χ1) is 14.8. The average Bonchev–Trinajstić information content (AvgIpc) is 3.01. The van der Waals surface area contributed by atoms with E-state index in [0.717, 1.165) is 32.4 Å². The number of hydrogen-bond acceptors (Lipinski definition) is 11. The Morgan fingerprint density at radius 2 is 2.03 bits per heavy atom. The summed E-state index contributed by atoms with van der Waals surface area (Å²) in [5.41, 5.74) is 1.36. The highest BCUT2D eigenvalue weighted by Gasteiger charge is 2.46. The van der Waals surface area contributed by atoms with Gasteiger partial charge in [-0.25, -0.2) is 9.71 Å². The number of hydrogen-bond donors (Lipinski definition) is 9. The summed E-state index contributed by atoms with van der Waals surface area (Å²) in [7, 11) is 0. The van der Waals surface area contributed by atoms with Gasteiger partial charge in [0.15, 0.2) is 0 Å². The monoisotopic (exact) mass is 447 g/mol. The van der Waals surface area contributed by atoms with Gasteiger partial charge < -0.3 is 35.2 Å². The lowest BCUT2D eigenvalue weighted by molar-refractivity contribution is -0.339. The largest absolute Gasteiger partial charge is 0.395 e. The molecule has 0 amide bonds. The van der Waals surface area contributed by atoms with E-state index in [1.165, 1.54) is 5.57 Å². The van der Waals surface area contributed by atoms with E-state index in [1.807, 2.05) is 5.32 Å². The molecule has 9 N–H and O–H groups in total. The Morgan fingerprint density at radius 1 is 1.19 bits per heavy atom. The van der Waals surface area contributed by atoms with Gasteiger partial charge in [-0.2, -0.15) is 0 Å². The maximum Gasteiger partial charge on any atom is 0.344 e. The van der Waals surface area contributed by atoms with E-state index in [9.17, 15) is 24.8 Å². The Morgan fingerprint density at radius 3 is 2.81 bits per heavy atom. The predicted molar refractivity (Wildman–Crippen MR) is 107 cm³/mol. The first kappa shape index (κ1) is 23.4. The Bertz CT molecular complexity index is 637. The zero-order valence-electron chi connectivity index (χ0n) is 17.3. The molecule has 8 atom stereocenters. The van der Waals surface area contributed by atoms with Crippen molar-refractivity contribution in [2.45, 2.75) is 74.7 Å². The number of nitrogens with one attached hydrogen (secondary N) is 5. The molecule has 3 fully saturated rings. The molecule has 31 heavy (non-hydrogen) atoms. The Kier molecular flexibility index (Phi) is 7.56. The first-order valence-corrected chi connectivity index (χ1v) is 10.9. The van der Waals surface area contributed by atoms with Crippen LogP contribution in [0, 0.1) is 5.92 Å². The minimum Gasteiger partial charge on any atom is -0.395 e. The second-order valence-electron chi connectivity index (χ2n) is 8.74. The van der Waals surface area contributed by atoms with E-state index in [-0.39, 0.29) is 31.0 Å². The molecule has 0 aromatic carbocycles. The van der Waals surface area contributed by atoms with Crippen LogP contribution in [0.5, 0.6) is 0 Å². The molecule has 1 aliphatic carbocycles. The van der Waals surface area contributed by atoms with Crippen LogP contribution < -0.4 is 26.6 Å². The number of halogens is 1. The molecule has 0 aromatic rings. The zero-order valence-corrected chi connectivity index (χ0v) is 17.3. The molecule has 178 valence electrons. The normalized spacial score (nSPS) is 42.0. The van der Waals surface area contributed by atoms with Crippen molar-refractivity contribution < 1.29 is 34.3 Å². The fraction of sp³-hybridized carbons (Fsp3) is 0.895. The molecule has 3 heterocycles. The maximum atomic E-state index is 14.6. The van der Waals surface area contributed by atoms with E-state index in [1.54, 1.807) is 0 Å². The van der Waals surface area contributed by atoms with Crippen molar-refractivity contribution >= 4 is 0 Å². The van der Waals surface area contributed by atoms with Gasteiger partial charge in [0.05, 0.1) is 31.0 Å². The lowest BCUT2D eigenvalue weighted by Gasteiger charge is -2.44. The van der Waals surface area contributed by atoms with Crippen LogP contribution in [-0.4, -0.2) is 95.9 Å². The van der Waals surface area contributed by atoms with Crippen molar-refractivity contribution in [3.63, 3.8) is 0 Å². The third-order valence-corrected chi connectivity index (χ3v) is 6.54. The first-order valence-electron chi connectivity index (χ1n) is 10.9. The minimum absolute atomic E-state index is 0.00773. The highest BCUT2D eigenvalue weighted by Crippen LogP contribution is 2.39. The summed E-state index contributed by atoms with van der Waals surface area (Å²) in [6.45, 7) is 1.60. The molecule has 0 bridgehead atoms. The van der Waals surface area contributed by atoms with E-state index in [0.29, 0.717) is 6.42 Å². The van der Waals surface area contributed by atoms with Gasteiger partial charge in [-0.05, 0) is 32.2 Å². The third-order valence-electron chi connectivity index (χ3n) is 6.54. The Balaban J connectivity index is 1.44. The Hall–Kier alpha value is -0.770. The summed E-state index contributed by atoms with van der Waals surface area (Å²) in [6, 6.07) is -0.958. The fourth-order valence-corrected chi connectivity index (χ4v) is 5.14. The Labute approximate surface area is 180 Å². The summed E-state index contributed by atoms with van der Waals surface area (Å²) in [5.74, 6) is 0.207. The second kappa shape index (κ2) is 10.0. The highest BCUT2D eigenvalue weighted by molar-refractivity contribution is 5.15. The fourth-order valence-electron chi connectivity index (χ4n) is 5.14. The van der Waals surface area contributed by atoms with E-state index < -0.39 is 37.4 Å². The van der Waals surface area contributed by atoms with Gasteiger partial charge in [0.1, 0.15) is 19.3 Å². The van der Waals surface area contributed by atoms with Crippen molar-refractivity contribution in [2.75, 3.05) is 26.5 Å². The molecule has 0 aromatic heterocycles. The van der Waals surface area contributed by atoms with Gasteiger partial charge in [-0.1, -0.05) is 11.6 Å². The molecule has 0 radical (unpaired) electrons.